The molecular weight excluding hydrogens is 256 g/mol. The summed E-state index contributed by atoms with van der Waals surface area (Å²) in [6, 6.07) is 8.88. The van der Waals surface area contributed by atoms with E-state index in [9.17, 15) is 4.79 Å². The molecule has 1 unspecified atom stereocenters. The average Bonchev–Trinajstić information content (AvgIpc) is 2.38. The number of hydrogen-bond donors (Lipinski definition) is 2. The van der Waals surface area contributed by atoms with E-state index in [4.69, 9.17) is 0 Å². The van der Waals surface area contributed by atoms with Crippen LogP contribution in [0.25, 0.3) is 0 Å². The summed E-state index contributed by atoms with van der Waals surface area (Å²) < 4.78 is 0. The first-order valence-corrected chi connectivity index (χ1v) is 7.67. The van der Waals surface area contributed by atoms with E-state index in [1.807, 2.05) is 13.8 Å². The van der Waals surface area contributed by atoms with Crippen LogP contribution in [0.2, 0.25) is 0 Å². The molecule has 0 aromatic heterocycles. The maximum absolute atomic E-state index is 11.6. The van der Waals surface area contributed by atoms with Crippen LogP contribution in [0.15, 0.2) is 29.2 Å². The predicted molar refractivity (Wildman–Crippen MR) is 82.4 cm³/mol. The molecule has 0 aliphatic rings. The molecule has 0 fully saturated rings. The first-order chi connectivity index (χ1) is 9.02. The quantitative estimate of drug-likeness (QED) is 0.755. The minimum atomic E-state index is -0.0559. The summed E-state index contributed by atoms with van der Waals surface area (Å²) in [5.74, 6) is 0.0954. The van der Waals surface area contributed by atoms with E-state index in [1.54, 1.807) is 11.8 Å². The van der Waals surface area contributed by atoms with E-state index in [0.29, 0.717) is 12.6 Å². The molecule has 106 valence electrons. The highest BCUT2D eigenvalue weighted by Gasteiger charge is 2.12. The molecule has 1 amide bonds. The van der Waals surface area contributed by atoms with Crippen LogP contribution in [0.4, 0.5) is 0 Å². The highest BCUT2D eigenvalue weighted by Crippen LogP contribution is 2.23. The molecular formula is C15H24N2OS. The molecule has 0 spiro atoms. The number of thioether (sulfide) groups is 1. The van der Waals surface area contributed by atoms with Gasteiger partial charge < -0.3 is 10.6 Å². The van der Waals surface area contributed by atoms with Crippen LogP contribution in [-0.4, -0.2) is 23.7 Å². The zero-order chi connectivity index (χ0) is 14.3. The molecule has 0 saturated heterocycles. The van der Waals surface area contributed by atoms with Gasteiger partial charge in [-0.1, -0.05) is 26.0 Å². The van der Waals surface area contributed by atoms with Crippen molar-refractivity contribution in [1.82, 2.24) is 10.6 Å². The average molecular weight is 280 g/mol. The van der Waals surface area contributed by atoms with E-state index in [2.05, 4.69) is 48.7 Å². The van der Waals surface area contributed by atoms with Gasteiger partial charge in [0.15, 0.2) is 0 Å². The molecule has 1 rings (SSSR count). The van der Waals surface area contributed by atoms with Crippen molar-refractivity contribution in [2.24, 2.45) is 0 Å². The van der Waals surface area contributed by atoms with Gasteiger partial charge in [-0.05, 0) is 31.5 Å². The van der Waals surface area contributed by atoms with Crippen LogP contribution in [0, 0.1) is 0 Å². The summed E-state index contributed by atoms with van der Waals surface area (Å²) in [7, 11) is 0. The van der Waals surface area contributed by atoms with Crippen LogP contribution in [0.3, 0.4) is 0 Å². The third-order valence-electron chi connectivity index (χ3n) is 2.67. The zero-order valence-electron chi connectivity index (χ0n) is 12.2. The SMILES string of the molecule is CCNC(=O)C(C)Sc1ccc(CNC(C)C)cc1. The molecule has 1 aromatic rings. The molecule has 19 heavy (non-hydrogen) atoms. The molecule has 2 N–H and O–H groups in total. The van der Waals surface area contributed by atoms with Crippen molar-refractivity contribution in [2.75, 3.05) is 6.54 Å². The molecule has 0 aliphatic heterocycles. The zero-order valence-corrected chi connectivity index (χ0v) is 13.0. The lowest BCUT2D eigenvalue weighted by molar-refractivity contribution is -0.120. The molecule has 1 atom stereocenters. The number of carbonyl (C=O) groups is 1. The Bertz CT molecular complexity index is 390. The highest BCUT2D eigenvalue weighted by atomic mass is 32.2. The fourth-order valence-corrected chi connectivity index (χ4v) is 2.48. The second-order valence-electron chi connectivity index (χ2n) is 4.83. The third kappa shape index (κ3) is 6.12. The van der Waals surface area contributed by atoms with Crippen LogP contribution in [0.5, 0.6) is 0 Å². The van der Waals surface area contributed by atoms with Crippen molar-refractivity contribution in [3.63, 3.8) is 0 Å². The molecule has 0 saturated carbocycles. The maximum atomic E-state index is 11.6. The minimum Gasteiger partial charge on any atom is -0.355 e. The molecule has 0 aliphatic carbocycles. The van der Waals surface area contributed by atoms with Crippen molar-refractivity contribution >= 4 is 17.7 Å². The van der Waals surface area contributed by atoms with E-state index < -0.39 is 0 Å². The van der Waals surface area contributed by atoms with Gasteiger partial charge in [0, 0.05) is 24.0 Å². The lowest BCUT2D eigenvalue weighted by atomic mass is 10.2. The summed E-state index contributed by atoms with van der Waals surface area (Å²) in [4.78, 5) is 12.8. The van der Waals surface area contributed by atoms with E-state index >= 15 is 0 Å². The molecule has 0 bridgehead atoms. The number of nitrogens with one attached hydrogen (secondary N) is 2. The number of amides is 1. The lowest BCUT2D eigenvalue weighted by Crippen LogP contribution is -2.30. The minimum absolute atomic E-state index is 0.0559. The Morgan fingerprint density at radius 3 is 2.37 bits per heavy atom. The largest absolute Gasteiger partial charge is 0.355 e. The highest BCUT2D eigenvalue weighted by molar-refractivity contribution is 8.00. The summed E-state index contributed by atoms with van der Waals surface area (Å²) in [6.07, 6.45) is 0. The fourth-order valence-electron chi connectivity index (χ4n) is 1.58. The van der Waals surface area contributed by atoms with Crippen molar-refractivity contribution < 1.29 is 4.79 Å². The maximum Gasteiger partial charge on any atom is 0.233 e. The van der Waals surface area contributed by atoms with Crippen molar-refractivity contribution in [1.29, 1.82) is 0 Å². The molecule has 1 aromatic carbocycles. The predicted octanol–water partition coefficient (Wildman–Crippen LogP) is 2.80. The number of benzene rings is 1. The molecule has 3 nitrogen and oxygen atoms in total. The van der Waals surface area contributed by atoms with Crippen LogP contribution < -0.4 is 10.6 Å². The Hall–Kier alpha value is -1.00. The number of carbonyl (C=O) groups excluding carboxylic acids is 1. The number of rotatable bonds is 7. The molecule has 0 radical (unpaired) electrons. The lowest BCUT2D eigenvalue weighted by Gasteiger charge is -2.12. The monoisotopic (exact) mass is 280 g/mol. The Morgan fingerprint density at radius 1 is 1.21 bits per heavy atom. The fraction of sp³-hybridized carbons (Fsp3) is 0.533. The molecule has 4 heteroatoms. The first-order valence-electron chi connectivity index (χ1n) is 6.79. The Labute approximate surface area is 120 Å². The standard InChI is InChI=1S/C15H24N2OS/c1-5-16-15(18)12(4)19-14-8-6-13(7-9-14)10-17-11(2)3/h6-9,11-12,17H,5,10H2,1-4H3,(H,16,18). The van der Waals surface area contributed by atoms with Gasteiger partial charge in [-0.15, -0.1) is 11.8 Å². The van der Waals surface area contributed by atoms with Gasteiger partial charge in [0.25, 0.3) is 0 Å². The van der Waals surface area contributed by atoms with Gasteiger partial charge in [0.1, 0.15) is 0 Å². The summed E-state index contributed by atoms with van der Waals surface area (Å²) in [5.41, 5.74) is 1.27. The second kappa shape index (κ2) is 8.23. The van der Waals surface area contributed by atoms with Crippen molar-refractivity contribution in [3.8, 4) is 0 Å². The second-order valence-corrected chi connectivity index (χ2v) is 6.25. The summed E-state index contributed by atoms with van der Waals surface area (Å²) >= 11 is 1.59. The summed E-state index contributed by atoms with van der Waals surface area (Å²) in [5, 5.41) is 6.17. The Morgan fingerprint density at radius 2 is 1.84 bits per heavy atom. The van der Waals surface area contributed by atoms with Crippen LogP contribution >= 0.6 is 11.8 Å². The van der Waals surface area contributed by atoms with Gasteiger partial charge in [-0.25, -0.2) is 0 Å². The van der Waals surface area contributed by atoms with E-state index in [0.717, 1.165) is 11.4 Å². The van der Waals surface area contributed by atoms with Gasteiger partial charge in [0.2, 0.25) is 5.91 Å². The van der Waals surface area contributed by atoms with Crippen LogP contribution in [-0.2, 0) is 11.3 Å². The van der Waals surface area contributed by atoms with Gasteiger partial charge in [-0.3, -0.25) is 4.79 Å². The number of hydrogen-bond acceptors (Lipinski definition) is 3. The topological polar surface area (TPSA) is 41.1 Å². The molecule has 0 heterocycles. The smallest absolute Gasteiger partial charge is 0.233 e. The van der Waals surface area contributed by atoms with Gasteiger partial charge in [-0.2, -0.15) is 0 Å². The van der Waals surface area contributed by atoms with Crippen molar-refractivity contribution in [3.05, 3.63) is 29.8 Å². The van der Waals surface area contributed by atoms with Gasteiger partial charge in [0.05, 0.1) is 5.25 Å². The van der Waals surface area contributed by atoms with E-state index in [-0.39, 0.29) is 11.2 Å². The van der Waals surface area contributed by atoms with Crippen molar-refractivity contribution in [2.45, 2.75) is 50.4 Å². The summed E-state index contributed by atoms with van der Waals surface area (Å²) in [6.45, 7) is 9.71. The Balaban J connectivity index is 2.49. The van der Waals surface area contributed by atoms with Gasteiger partial charge >= 0.3 is 0 Å². The third-order valence-corrected chi connectivity index (χ3v) is 3.78. The Kier molecular flexibility index (Phi) is 6.95. The van der Waals surface area contributed by atoms with Crippen LogP contribution in [0.1, 0.15) is 33.3 Å². The normalized spacial score (nSPS) is 12.5. The first kappa shape index (κ1) is 16.1. The van der Waals surface area contributed by atoms with E-state index in [1.165, 1.54) is 5.56 Å².